The minimum Gasteiger partial charge on any atom is -0.465 e. The molecule has 33 heavy (non-hydrogen) atoms. The fourth-order valence-electron chi connectivity index (χ4n) is 5.35. The molecular weight excluding hydrogens is 418 g/mol. The van der Waals surface area contributed by atoms with Gasteiger partial charge in [0.05, 0.1) is 37.0 Å². The summed E-state index contributed by atoms with van der Waals surface area (Å²) in [6.07, 6.45) is 3.00. The van der Waals surface area contributed by atoms with Crippen LogP contribution >= 0.6 is 0 Å². The quantitative estimate of drug-likeness (QED) is 0.603. The number of carbonyl (C=O) groups is 1. The second kappa shape index (κ2) is 7.61. The van der Waals surface area contributed by atoms with Crippen LogP contribution in [0.3, 0.4) is 0 Å². The van der Waals surface area contributed by atoms with Crippen LogP contribution < -0.4 is 4.74 Å². The molecule has 2 aromatic carbocycles. The van der Waals surface area contributed by atoms with Crippen LogP contribution in [-0.2, 0) is 26.2 Å². The summed E-state index contributed by atoms with van der Waals surface area (Å²) in [7, 11) is 0. The van der Waals surface area contributed by atoms with Crippen molar-refractivity contribution in [1.82, 2.24) is 4.90 Å². The highest BCUT2D eigenvalue weighted by Crippen LogP contribution is 2.51. The van der Waals surface area contributed by atoms with Gasteiger partial charge in [-0.05, 0) is 57.9 Å². The first-order valence-electron chi connectivity index (χ1n) is 11.4. The van der Waals surface area contributed by atoms with Crippen LogP contribution in [0.15, 0.2) is 60.9 Å². The third kappa shape index (κ3) is 3.52. The number of nitrogens with zero attached hydrogens (tertiary/aromatic N) is 1. The summed E-state index contributed by atoms with van der Waals surface area (Å²) in [6.45, 7) is 10.2. The van der Waals surface area contributed by atoms with E-state index in [1.807, 2.05) is 58.9 Å². The summed E-state index contributed by atoms with van der Waals surface area (Å²) in [4.78, 5) is 15.1. The van der Waals surface area contributed by atoms with Gasteiger partial charge in [0.25, 0.3) is 0 Å². The number of fused-ring (bicyclic) bond motifs is 4. The van der Waals surface area contributed by atoms with E-state index in [0.29, 0.717) is 13.2 Å². The molecule has 0 unspecified atom stereocenters. The van der Waals surface area contributed by atoms with Gasteiger partial charge in [0.2, 0.25) is 0 Å². The van der Waals surface area contributed by atoms with E-state index in [9.17, 15) is 4.79 Å². The topological polar surface area (TPSA) is 57.2 Å². The number of amides is 1. The van der Waals surface area contributed by atoms with Crippen molar-refractivity contribution in [2.24, 2.45) is 0 Å². The number of carbonyl (C=O) groups excluding carboxylic acids is 1. The number of para-hydroxylation sites is 1. The Morgan fingerprint density at radius 1 is 1.06 bits per heavy atom. The highest BCUT2D eigenvalue weighted by atomic mass is 16.6. The summed E-state index contributed by atoms with van der Waals surface area (Å²) in [5.74, 6) is 0.785. The molecule has 0 aliphatic carbocycles. The van der Waals surface area contributed by atoms with Gasteiger partial charge in [0.15, 0.2) is 0 Å². The lowest BCUT2D eigenvalue weighted by molar-refractivity contribution is -0.0837. The zero-order chi connectivity index (χ0) is 23.4. The Bertz CT molecular complexity index is 1100. The molecular formula is C27H31NO5. The molecule has 3 atom stereocenters. The molecule has 3 aliphatic heterocycles. The molecule has 1 spiro atoms. The number of hydrogen-bond acceptors (Lipinski definition) is 5. The van der Waals surface area contributed by atoms with Crippen LogP contribution in [0, 0.1) is 0 Å². The van der Waals surface area contributed by atoms with Gasteiger partial charge < -0.3 is 18.9 Å². The maximum absolute atomic E-state index is 13.4. The van der Waals surface area contributed by atoms with E-state index < -0.39 is 28.9 Å². The van der Waals surface area contributed by atoms with Gasteiger partial charge in [0, 0.05) is 5.56 Å². The highest BCUT2D eigenvalue weighted by Gasteiger charge is 2.58. The average Bonchev–Trinajstić information content (AvgIpc) is 3.08. The van der Waals surface area contributed by atoms with Crippen molar-refractivity contribution in [2.75, 3.05) is 6.61 Å². The Morgan fingerprint density at radius 3 is 2.52 bits per heavy atom. The van der Waals surface area contributed by atoms with Crippen LogP contribution in [0.1, 0.15) is 51.3 Å². The minimum atomic E-state index is -0.830. The second-order valence-electron chi connectivity index (χ2n) is 10.3. The van der Waals surface area contributed by atoms with Crippen molar-refractivity contribution >= 4 is 6.09 Å². The molecule has 5 rings (SSSR count). The second-order valence-corrected chi connectivity index (χ2v) is 10.3. The van der Waals surface area contributed by atoms with Crippen molar-refractivity contribution in [3.8, 4) is 5.75 Å². The Balaban J connectivity index is 1.67. The molecule has 0 bridgehead atoms. The summed E-state index contributed by atoms with van der Waals surface area (Å²) >= 11 is 0. The van der Waals surface area contributed by atoms with Crippen LogP contribution in [0.4, 0.5) is 4.79 Å². The Hall–Kier alpha value is -2.83. The molecule has 3 aliphatic rings. The van der Waals surface area contributed by atoms with E-state index in [1.54, 1.807) is 11.2 Å². The number of ether oxygens (including phenoxy) is 4. The fourth-order valence-corrected chi connectivity index (χ4v) is 5.35. The monoisotopic (exact) mass is 449 g/mol. The van der Waals surface area contributed by atoms with E-state index in [1.165, 1.54) is 0 Å². The molecule has 0 aromatic heterocycles. The molecule has 1 saturated heterocycles. The number of rotatable bonds is 1. The third-order valence-corrected chi connectivity index (χ3v) is 6.65. The SMILES string of the molecule is CC(C)(C)OC(=O)N1[C@H]([C@@H]2OCc3ccccc3[C@]23C=COc2ccccc23)COC1(C)C. The van der Waals surface area contributed by atoms with Crippen molar-refractivity contribution < 1.29 is 23.7 Å². The molecule has 174 valence electrons. The molecule has 0 radical (unpaired) electrons. The standard InChI is InChI=1S/C27H31NO5/c1-25(2,3)33-24(29)28-21(17-32-26(28,4)5)23-27(19-11-7-6-10-18(19)16-31-23)14-15-30-22-13-9-8-12-20(22)27/h6-15,21,23H,16-17H2,1-5H3/t21-,23-,27-/m0/s1. The van der Waals surface area contributed by atoms with Gasteiger partial charge in [0.1, 0.15) is 17.1 Å². The van der Waals surface area contributed by atoms with E-state index in [2.05, 4.69) is 30.3 Å². The van der Waals surface area contributed by atoms with Crippen LogP contribution in [0.25, 0.3) is 0 Å². The van der Waals surface area contributed by atoms with E-state index in [4.69, 9.17) is 18.9 Å². The van der Waals surface area contributed by atoms with E-state index in [-0.39, 0.29) is 6.04 Å². The van der Waals surface area contributed by atoms with Gasteiger partial charge in [-0.1, -0.05) is 42.5 Å². The zero-order valence-electron chi connectivity index (χ0n) is 19.8. The van der Waals surface area contributed by atoms with Gasteiger partial charge in [-0.3, -0.25) is 4.90 Å². The van der Waals surface area contributed by atoms with Crippen molar-refractivity contribution in [2.45, 2.75) is 70.1 Å². The highest BCUT2D eigenvalue weighted by molar-refractivity contribution is 5.70. The smallest absolute Gasteiger partial charge is 0.412 e. The molecule has 1 fully saturated rings. The lowest BCUT2D eigenvalue weighted by atomic mass is 9.65. The first kappa shape index (κ1) is 22.0. The van der Waals surface area contributed by atoms with Crippen LogP contribution in [0.5, 0.6) is 5.75 Å². The van der Waals surface area contributed by atoms with E-state index >= 15 is 0 Å². The van der Waals surface area contributed by atoms with Gasteiger partial charge in [-0.15, -0.1) is 0 Å². The Morgan fingerprint density at radius 2 is 1.76 bits per heavy atom. The number of hydrogen-bond donors (Lipinski definition) is 0. The number of benzene rings is 2. The summed E-state index contributed by atoms with van der Waals surface area (Å²) in [5, 5.41) is 0. The van der Waals surface area contributed by atoms with Gasteiger partial charge >= 0.3 is 6.09 Å². The summed E-state index contributed by atoms with van der Waals surface area (Å²) in [6, 6.07) is 16.0. The molecule has 0 N–H and O–H groups in total. The minimum absolute atomic E-state index is 0.345. The molecule has 1 amide bonds. The molecule has 6 nitrogen and oxygen atoms in total. The predicted octanol–water partition coefficient (Wildman–Crippen LogP) is 5.15. The first-order chi connectivity index (χ1) is 15.6. The Labute approximate surface area is 195 Å². The lowest BCUT2D eigenvalue weighted by Crippen LogP contribution is -2.60. The zero-order valence-corrected chi connectivity index (χ0v) is 19.8. The largest absolute Gasteiger partial charge is 0.465 e. The average molecular weight is 450 g/mol. The Kier molecular flexibility index (Phi) is 5.07. The third-order valence-electron chi connectivity index (χ3n) is 6.65. The summed E-state index contributed by atoms with van der Waals surface area (Å²) < 4.78 is 24.4. The maximum atomic E-state index is 13.4. The summed E-state index contributed by atoms with van der Waals surface area (Å²) in [5.41, 5.74) is 1.20. The van der Waals surface area contributed by atoms with Crippen molar-refractivity contribution in [3.63, 3.8) is 0 Å². The van der Waals surface area contributed by atoms with Crippen molar-refractivity contribution in [1.29, 1.82) is 0 Å². The predicted molar refractivity (Wildman–Crippen MR) is 124 cm³/mol. The maximum Gasteiger partial charge on any atom is 0.412 e. The normalized spacial score (nSPS) is 27.6. The fraction of sp³-hybridized carbons (Fsp3) is 0.444. The van der Waals surface area contributed by atoms with E-state index in [0.717, 1.165) is 22.4 Å². The molecule has 2 aromatic rings. The van der Waals surface area contributed by atoms with Crippen LogP contribution in [0.2, 0.25) is 0 Å². The molecule has 3 heterocycles. The first-order valence-corrected chi connectivity index (χ1v) is 11.4. The van der Waals surface area contributed by atoms with Gasteiger partial charge in [-0.2, -0.15) is 0 Å². The molecule has 0 saturated carbocycles. The van der Waals surface area contributed by atoms with Crippen molar-refractivity contribution in [3.05, 3.63) is 77.6 Å². The van der Waals surface area contributed by atoms with Gasteiger partial charge in [-0.25, -0.2) is 4.79 Å². The lowest BCUT2D eigenvalue weighted by Gasteiger charge is -2.49. The molecule has 6 heteroatoms. The van der Waals surface area contributed by atoms with Crippen LogP contribution in [-0.4, -0.2) is 41.1 Å².